The fourth-order valence-corrected chi connectivity index (χ4v) is 3.01. The molecule has 1 heterocycles. The normalized spacial score (nSPS) is 10.3. The van der Waals surface area contributed by atoms with Gasteiger partial charge in [-0.25, -0.2) is 0 Å². The monoisotopic (exact) mass is 355 g/mol. The number of ether oxygens (including phenoxy) is 1. The van der Waals surface area contributed by atoms with E-state index in [9.17, 15) is 4.79 Å². The standard InChI is InChI=1S/C16H15Cl2NO2S/c1-2-7-19(10-13-4-3-8-22-13)16(20)11-21-15-6-5-12(17)9-14(15)18/h2-6,8-9H,1,7,10-11H2. The van der Waals surface area contributed by atoms with E-state index in [-0.39, 0.29) is 12.5 Å². The SMILES string of the molecule is C=CCN(Cc1cccs1)C(=O)COc1ccc(Cl)cc1Cl. The highest BCUT2D eigenvalue weighted by Crippen LogP contribution is 2.27. The Hall–Kier alpha value is -1.49. The number of carbonyl (C=O) groups is 1. The molecule has 0 radical (unpaired) electrons. The molecule has 0 saturated carbocycles. The number of benzene rings is 1. The van der Waals surface area contributed by atoms with Crippen LogP contribution >= 0.6 is 34.5 Å². The smallest absolute Gasteiger partial charge is 0.261 e. The molecule has 1 aromatic carbocycles. The number of carbonyl (C=O) groups excluding carboxylic acids is 1. The van der Waals surface area contributed by atoms with E-state index in [1.165, 1.54) is 0 Å². The van der Waals surface area contributed by atoms with Crippen molar-refractivity contribution < 1.29 is 9.53 Å². The van der Waals surface area contributed by atoms with E-state index >= 15 is 0 Å². The van der Waals surface area contributed by atoms with Crippen LogP contribution in [-0.2, 0) is 11.3 Å². The van der Waals surface area contributed by atoms with Crippen molar-refractivity contribution in [2.75, 3.05) is 13.2 Å². The molecule has 0 aliphatic heterocycles. The first kappa shape index (κ1) is 16.9. The van der Waals surface area contributed by atoms with Gasteiger partial charge < -0.3 is 9.64 Å². The highest BCUT2D eigenvalue weighted by molar-refractivity contribution is 7.09. The van der Waals surface area contributed by atoms with Gasteiger partial charge in [-0.3, -0.25) is 4.79 Å². The fraction of sp³-hybridized carbons (Fsp3) is 0.188. The van der Waals surface area contributed by atoms with Crippen LogP contribution in [0.5, 0.6) is 5.75 Å². The zero-order valence-electron chi connectivity index (χ0n) is 11.8. The summed E-state index contributed by atoms with van der Waals surface area (Å²) < 4.78 is 5.49. The molecule has 22 heavy (non-hydrogen) atoms. The average Bonchev–Trinajstić information content (AvgIpc) is 2.98. The molecular formula is C16H15Cl2NO2S. The van der Waals surface area contributed by atoms with Crippen LogP contribution in [0.25, 0.3) is 0 Å². The van der Waals surface area contributed by atoms with E-state index in [2.05, 4.69) is 6.58 Å². The number of halogens is 2. The Balaban J connectivity index is 1.97. The molecule has 3 nitrogen and oxygen atoms in total. The molecule has 0 aliphatic rings. The lowest BCUT2D eigenvalue weighted by Gasteiger charge is -2.20. The van der Waals surface area contributed by atoms with Crippen LogP contribution in [0.15, 0.2) is 48.4 Å². The first-order valence-corrected chi connectivity index (χ1v) is 8.22. The van der Waals surface area contributed by atoms with Crippen LogP contribution in [0.3, 0.4) is 0 Å². The molecular weight excluding hydrogens is 341 g/mol. The Bertz CT molecular complexity index is 644. The number of nitrogens with zero attached hydrogens (tertiary/aromatic N) is 1. The first-order valence-electron chi connectivity index (χ1n) is 6.59. The minimum absolute atomic E-state index is 0.0828. The molecule has 2 aromatic rings. The van der Waals surface area contributed by atoms with Crippen LogP contribution in [0.2, 0.25) is 10.0 Å². The topological polar surface area (TPSA) is 29.5 Å². The van der Waals surface area contributed by atoms with Crippen molar-refractivity contribution in [2.45, 2.75) is 6.54 Å². The van der Waals surface area contributed by atoms with Gasteiger partial charge >= 0.3 is 0 Å². The molecule has 116 valence electrons. The molecule has 0 unspecified atom stereocenters. The summed E-state index contributed by atoms with van der Waals surface area (Å²) in [6.07, 6.45) is 1.70. The van der Waals surface area contributed by atoms with Crippen molar-refractivity contribution in [1.29, 1.82) is 0 Å². The highest BCUT2D eigenvalue weighted by atomic mass is 35.5. The summed E-state index contributed by atoms with van der Waals surface area (Å²) in [5, 5.41) is 2.89. The number of rotatable bonds is 7. The van der Waals surface area contributed by atoms with Crippen LogP contribution in [-0.4, -0.2) is 24.0 Å². The minimum atomic E-state index is -0.126. The van der Waals surface area contributed by atoms with Crippen LogP contribution in [0.1, 0.15) is 4.88 Å². The summed E-state index contributed by atoms with van der Waals surface area (Å²) in [6, 6.07) is 8.84. The first-order chi connectivity index (χ1) is 10.6. The lowest BCUT2D eigenvalue weighted by atomic mass is 10.3. The average molecular weight is 356 g/mol. The summed E-state index contributed by atoms with van der Waals surface area (Å²) in [5.41, 5.74) is 0. The molecule has 6 heteroatoms. The summed E-state index contributed by atoms with van der Waals surface area (Å²) in [4.78, 5) is 15.1. The molecule has 0 spiro atoms. The second-order valence-electron chi connectivity index (χ2n) is 4.51. The van der Waals surface area contributed by atoms with Crippen molar-refractivity contribution in [3.05, 3.63) is 63.3 Å². The molecule has 0 N–H and O–H groups in total. The van der Waals surface area contributed by atoms with Crippen LogP contribution in [0.4, 0.5) is 0 Å². The minimum Gasteiger partial charge on any atom is -0.482 e. The van der Waals surface area contributed by atoms with Crippen molar-refractivity contribution >= 4 is 40.4 Å². The van der Waals surface area contributed by atoms with E-state index < -0.39 is 0 Å². The van der Waals surface area contributed by atoms with Gasteiger partial charge in [0.2, 0.25) is 0 Å². The zero-order chi connectivity index (χ0) is 15.9. The number of thiophene rings is 1. The van der Waals surface area contributed by atoms with Gasteiger partial charge in [0.05, 0.1) is 11.6 Å². The van der Waals surface area contributed by atoms with Crippen molar-refractivity contribution in [3.8, 4) is 5.75 Å². The predicted octanol–water partition coefficient (Wildman–Crippen LogP) is 4.65. The fourth-order valence-electron chi connectivity index (χ4n) is 1.82. The number of hydrogen-bond acceptors (Lipinski definition) is 3. The zero-order valence-corrected chi connectivity index (χ0v) is 14.1. The van der Waals surface area contributed by atoms with E-state index in [0.717, 1.165) is 4.88 Å². The lowest BCUT2D eigenvalue weighted by Crippen LogP contribution is -2.34. The number of amides is 1. The largest absolute Gasteiger partial charge is 0.482 e. The lowest BCUT2D eigenvalue weighted by molar-refractivity contribution is -0.133. The van der Waals surface area contributed by atoms with Crippen LogP contribution < -0.4 is 4.74 Å². The van der Waals surface area contributed by atoms with E-state index in [1.54, 1.807) is 40.5 Å². The van der Waals surface area contributed by atoms with Crippen molar-refractivity contribution in [3.63, 3.8) is 0 Å². The third kappa shape index (κ3) is 4.77. The van der Waals surface area contributed by atoms with E-state index in [1.807, 2.05) is 17.5 Å². The molecule has 0 fully saturated rings. The summed E-state index contributed by atoms with van der Waals surface area (Å²) in [5.74, 6) is 0.313. The Morgan fingerprint density at radius 3 is 2.82 bits per heavy atom. The maximum Gasteiger partial charge on any atom is 0.261 e. The van der Waals surface area contributed by atoms with Gasteiger partial charge in [-0.05, 0) is 29.6 Å². The van der Waals surface area contributed by atoms with Gasteiger partial charge in [-0.15, -0.1) is 17.9 Å². The molecule has 0 saturated heterocycles. The van der Waals surface area contributed by atoms with Gasteiger partial charge in [0.15, 0.2) is 6.61 Å². The van der Waals surface area contributed by atoms with Gasteiger partial charge in [0, 0.05) is 16.4 Å². The predicted molar refractivity (Wildman–Crippen MR) is 91.9 cm³/mol. The Kier molecular flexibility index (Phi) is 6.31. The van der Waals surface area contributed by atoms with Gasteiger partial charge in [0.25, 0.3) is 5.91 Å². The van der Waals surface area contributed by atoms with Crippen molar-refractivity contribution in [2.24, 2.45) is 0 Å². The van der Waals surface area contributed by atoms with E-state index in [4.69, 9.17) is 27.9 Å². The van der Waals surface area contributed by atoms with E-state index in [0.29, 0.717) is 28.9 Å². The molecule has 1 amide bonds. The Labute approximate surface area is 143 Å². The summed E-state index contributed by atoms with van der Waals surface area (Å²) in [6.45, 7) is 4.61. The van der Waals surface area contributed by atoms with Gasteiger partial charge in [0.1, 0.15) is 5.75 Å². The highest BCUT2D eigenvalue weighted by Gasteiger charge is 2.15. The van der Waals surface area contributed by atoms with Gasteiger partial charge in [-0.1, -0.05) is 35.3 Å². The second-order valence-corrected chi connectivity index (χ2v) is 6.38. The summed E-state index contributed by atoms with van der Waals surface area (Å²) >= 11 is 13.5. The second kappa shape index (κ2) is 8.22. The quantitative estimate of drug-likeness (QED) is 0.676. The third-order valence-electron chi connectivity index (χ3n) is 2.87. The molecule has 0 aliphatic carbocycles. The van der Waals surface area contributed by atoms with Crippen LogP contribution in [0, 0.1) is 0 Å². The molecule has 1 aromatic heterocycles. The third-order valence-corrected chi connectivity index (χ3v) is 4.27. The maximum atomic E-state index is 12.3. The molecule has 0 atom stereocenters. The molecule has 2 rings (SSSR count). The molecule has 0 bridgehead atoms. The Morgan fingerprint density at radius 1 is 1.36 bits per heavy atom. The number of hydrogen-bond donors (Lipinski definition) is 0. The summed E-state index contributed by atoms with van der Waals surface area (Å²) in [7, 11) is 0. The van der Waals surface area contributed by atoms with Gasteiger partial charge in [-0.2, -0.15) is 0 Å². The van der Waals surface area contributed by atoms with Crippen molar-refractivity contribution in [1.82, 2.24) is 4.90 Å². The Morgan fingerprint density at radius 2 is 2.18 bits per heavy atom. The maximum absolute atomic E-state index is 12.3.